The van der Waals surface area contributed by atoms with Gasteiger partial charge in [-0.3, -0.25) is 9.69 Å². The van der Waals surface area contributed by atoms with Gasteiger partial charge >= 0.3 is 0 Å². The van der Waals surface area contributed by atoms with E-state index in [0.717, 1.165) is 34.9 Å². The second kappa shape index (κ2) is 6.71. The average Bonchev–Trinajstić information content (AvgIpc) is 2.99. The van der Waals surface area contributed by atoms with Crippen LogP contribution in [0.1, 0.15) is 19.7 Å². The van der Waals surface area contributed by atoms with Gasteiger partial charge < -0.3 is 9.72 Å². The fourth-order valence-corrected chi connectivity index (χ4v) is 4.49. The number of benzene rings is 1. The Kier molecular flexibility index (Phi) is 4.41. The molecule has 2 aromatic heterocycles. The van der Waals surface area contributed by atoms with Crippen LogP contribution in [0.25, 0.3) is 21.3 Å². The molecule has 1 fully saturated rings. The zero-order valence-corrected chi connectivity index (χ0v) is 15.2. The van der Waals surface area contributed by atoms with Crippen LogP contribution < -0.4 is 5.56 Å². The van der Waals surface area contributed by atoms with Crippen LogP contribution in [0.15, 0.2) is 40.5 Å². The zero-order valence-electron chi connectivity index (χ0n) is 14.4. The smallest absolute Gasteiger partial charge is 0.260 e. The number of H-pyrrole nitrogens is 1. The largest absolute Gasteiger partial charge is 0.373 e. The third-order valence-electron chi connectivity index (χ3n) is 4.45. The number of aromatic amines is 1. The molecule has 1 N–H and O–H groups in total. The quantitative estimate of drug-likeness (QED) is 0.783. The maximum absolute atomic E-state index is 12.7. The molecule has 25 heavy (non-hydrogen) atoms. The molecule has 130 valence electrons. The number of nitrogens with zero attached hydrogens (tertiary/aromatic N) is 2. The van der Waals surface area contributed by atoms with Gasteiger partial charge in [0.2, 0.25) is 0 Å². The maximum atomic E-state index is 12.7. The van der Waals surface area contributed by atoms with E-state index in [1.165, 1.54) is 11.3 Å². The highest BCUT2D eigenvalue weighted by molar-refractivity contribution is 7.17. The Morgan fingerprint density at radius 3 is 2.68 bits per heavy atom. The molecule has 0 spiro atoms. The van der Waals surface area contributed by atoms with Gasteiger partial charge in [-0.25, -0.2) is 4.98 Å². The molecule has 2 atom stereocenters. The summed E-state index contributed by atoms with van der Waals surface area (Å²) in [5.74, 6) is 0.722. The van der Waals surface area contributed by atoms with Crippen LogP contribution in [0, 0.1) is 0 Å². The molecule has 2 unspecified atom stereocenters. The first-order chi connectivity index (χ1) is 12.1. The van der Waals surface area contributed by atoms with Crippen molar-refractivity contribution in [1.82, 2.24) is 14.9 Å². The zero-order chi connectivity index (χ0) is 17.4. The van der Waals surface area contributed by atoms with E-state index in [9.17, 15) is 4.79 Å². The first-order valence-corrected chi connectivity index (χ1v) is 9.42. The Balaban J connectivity index is 1.66. The van der Waals surface area contributed by atoms with E-state index in [-0.39, 0.29) is 17.8 Å². The van der Waals surface area contributed by atoms with Crippen molar-refractivity contribution in [3.63, 3.8) is 0 Å². The molecule has 1 aliphatic rings. The summed E-state index contributed by atoms with van der Waals surface area (Å²) < 4.78 is 5.77. The van der Waals surface area contributed by atoms with E-state index in [0.29, 0.717) is 11.9 Å². The molecule has 1 saturated heterocycles. The number of thiophene rings is 1. The minimum atomic E-state index is -0.0607. The van der Waals surface area contributed by atoms with Crippen molar-refractivity contribution in [2.75, 3.05) is 13.1 Å². The molecule has 5 nitrogen and oxygen atoms in total. The van der Waals surface area contributed by atoms with Crippen molar-refractivity contribution in [3.8, 4) is 11.1 Å². The van der Waals surface area contributed by atoms with Crippen LogP contribution in [0.3, 0.4) is 0 Å². The van der Waals surface area contributed by atoms with Crippen LogP contribution in [-0.2, 0) is 11.3 Å². The monoisotopic (exact) mass is 355 g/mol. The topological polar surface area (TPSA) is 58.2 Å². The molecular formula is C19H21N3O2S. The standard InChI is InChI=1S/C19H21N3O2S/c1-12-8-22(9-13(2)24-12)10-16-20-18(23)17-15(11-25-19(17)21-16)14-6-4-3-5-7-14/h3-7,11-13H,8-10H2,1-2H3,(H,20,21,23). The summed E-state index contributed by atoms with van der Waals surface area (Å²) in [6.07, 6.45) is 0.399. The molecule has 0 aliphatic carbocycles. The summed E-state index contributed by atoms with van der Waals surface area (Å²) in [6, 6.07) is 9.98. The summed E-state index contributed by atoms with van der Waals surface area (Å²) in [5, 5.41) is 2.70. The maximum Gasteiger partial charge on any atom is 0.260 e. The fraction of sp³-hybridized carbons (Fsp3) is 0.368. The first-order valence-electron chi connectivity index (χ1n) is 8.54. The lowest BCUT2D eigenvalue weighted by Crippen LogP contribution is -2.45. The van der Waals surface area contributed by atoms with Gasteiger partial charge in [-0.05, 0) is 19.4 Å². The Bertz CT molecular complexity index is 925. The number of hydrogen-bond donors (Lipinski definition) is 1. The van der Waals surface area contributed by atoms with Gasteiger partial charge in [-0.1, -0.05) is 30.3 Å². The SMILES string of the molecule is CC1CN(Cc2nc3scc(-c4ccccc4)c3c(=O)[nH]2)CC(C)O1. The first kappa shape index (κ1) is 16.4. The average molecular weight is 355 g/mol. The van der Waals surface area contributed by atoms with Crippen molar-refractivity contribution in [3.05, 3.63) is 51.9 Å². The van der Waals surface area contributed by atoms with Crippen molar-refractivity contribution in [2.24, 2.45) is 0 Å². The molecule has 0 amide bonds. The number of morpholine rings is 1. The third kappa shape index (κ3) is 3.38. The van der Waals surface area contributed by atoms with Crippen molar-refractivity contribution in [2.45, 2.75) is 32.6 Å². The number of ether oxygens (including phenoxy) is 1. The van der Waals surface area contributed by atoms with Gasteiger partial charge in [-0.15, -0.1) is 11.3 Å². The van der Waals surface area contributed by atoms with Gasteiger partial charge in [0.1, 0.15) is 10.7 Å². The Morgan fingerprint density at radius 2 is 1.96 bits per heavy atom. The van der Waals surface area contributed by atoms with Crippen molar-refractivity contribution < 1.29 is 4.74 Å². The predicted octanol–water partition coefficient (Wildman–Crippen LogP) is 3.26. The highest BCUT2D eigenvalue weighted by atomic mass is 32.1. The van der Waals surface area contributed by atoms with E-state index in [1.807, 2.05) is 35.7 Å². The number of nitrogens with one attached hydrogen (secondary N) is 1. The number of fused-ring (bicyclic) bond motifs is 1. The Hall–Kier alpha value is -2.02. The van der Waals surface area contributed by atoms with E-state index >= 15 is 0 Å². The molecule has 1 aromatic carbocycles. The van der Waals surface area contributed by atoms with Gasteiger partial charge in [0.15, 0.2) is 0 Å². The highest BCUT2D eigenvalue weighted by Crippen LogP contribution is 2.30. The lowest BCUT2D eigenvalue weighted by Gasteiger charge is -2.34. The summed E-state index contributed by atoms with van der Waals surface area (Å²) in [6.45, 7) is 6.50. The highest BCUT2D eigenvalue weighted by Gasteiger charge is 2.23. The van der Waals surface area contributed by atoms with E-state index in [2.05, 4.69) is 23.7 Å². The molecule has 6 heteroatoms. The number of rotatable bonds is 3. The second-order valence-corrected chi connectivity index (χ2v) is 7.52. The molecule has 0 bridgehead atoms. The summed E-state index contributed by atoms with van der Waals surface area (Å²) in [7, 11) is 0. The molecule has 3 aromatic rings. The minimum absolute atomic E-state index is 0.0607. The van der Waals surface area contributed by atoms with Gasteiger partial charge in [0, 0.05) is 24.0 Å². The Labute approximate surface area is 150 Å². The van der Waals surface area contributed by atoms with Gasteiger partial charge in [-0.2, -0.15) is 0 Å². The van der Waals surface area contributed by atoms with E-state index in [4.69, 9.17) is 9.72 Å². The number of aromatic nitrogens is 2. The van der Waals surface area contributed by atoms with Gasteiger partial charge in [0.25, 0.3) is 5.56 Å². The van der Waals surface area contributed by atoms with Crippen molar-refractivity contribution >= 4 is 21.6 Å². The van der Waals surface area contributed by atoms with Gasteiger partial charge in [0.05, 0.1) is 24.1 Å². The Morgan fingerprint density at radius 1 is 1.24 bits per heavy atom. The van der Waals surface area contributed by atoms with Crippen LogP contribution >= 0.6 is 11.3 Å². The van der Waals surface area contributed by atoms with Crippen LogP contribution in [0.5, 0.6) is 0 Å². The van der Waals surface area contributed by atoms with Crippen LogP contribution in [0.2, 0.25) is 0 Å². The van der Waals surface area contributed by atoms with Crippen LogP contribution in [-0.4, -0.2) is 40.2 Å². The molecule has 4 rings (SSSR count). The lowest BCUT2D eigenvalue weighted by atomic mass is 10.1. The number of hydrogen-bond acceptors (Lipinski definition) is 5. The third-order valence-corrected chi connectivity index (χ3v) is 5.32. The fourth-order valence-electron chi connectivity index (χ4n) is 3.52. The normalized spacial score (nSPS) is 21.7. The molecule has 1 aliphatic heterocycles. The predicted molar refractivity (Wildman–Crippen MR) is 101 cm³/mol. The lowest BCUT2D eigenvalue weighted by molar-refractivity contribution is -0.0710. The van der Waals surface area contributed by atoms with Crippen LogP contribution in [0.4, 0.5) is 0 Å². The van der Waals surface area contributed by atoms with Crippen molar-refractivity contribution in [1.29, 1.82) is 0 Å². The molecule has 0 saturated carbocycles. The molecule has 3 heterocycles. The van der Waals surface area contributed by atoms with E-state index < -0.39 is 0 Å². The summed E-state index contributed by atoms with van der Waals surface area (Å²) in [4.78, 5) is 23.5. The molecular weight excluding hydrogens is 334 g/mol. The second-order valence-electron chi connectivity index (χ2n) is 6.66. The minimum Gasteiger partial charge on any atom is -0.373 e. The summed E-state index contributed by atoms with van der Waals surface area (Å²) in [5.41, 5.74) is 1.94. The molecule has 0 radical (unpaired) electrons. The van der Waals surface area contributed by atoms with E-state index in [1.54, 1.807) is 0 Å². The summed E-state index contributed by atoms with van der Waals surface area (Å²) >= 11 is 1.53.